The monoisotopic (exact) mass is 373 g/mol. The highest BCUT2D eigenvalue weighted by Gasteiger charge is 2.17. The van der Waals surface area contributed by atoms with Crippen molar-refractivity contribution in [2.45, 2.75) is 25.7 Å². The number of nitrogens with zero attached hydrogens (tertiary/aromatic N) is 2. The third kappa shape index (κ3) is 4.68. The van der Waals surface area contributed by atoms with Crippen LogP contribution in [0.3, 0.4) is 0 Å². The zero-order valence-corrected chi connectivity index (χ0v) is 13.9. The minimum Gasteiger partial charge on any atom is -0.351 e. The van der Waals surface area contributed by atoms with Crippen molar-refractivity contribution in [1.82, 2.24) is 15.2 Å². The van der Waals surface area contributed by atoms with Gasteiger partial charge in [-0.15, -0.1) is 0 Å². The van der Waals surface area contributed by atoms with Gasteiger partial charge in [-0.05, 0) is 41.3 Å². The molecule has 0 aromatic carbocycles. The Morgan fingerprint density at radius 1 is 1.33 bits per heavy atom. The predicted molar refractivity (Wildman–Crippen MR) is 84.3 cm³/mol. The number of amides is 2. The number of carbonyl (C=O) groups is 2. The van der Waals surface area contributed by atoms with E-state index < -0.39 is 0 Å². The lowest BCUT2D eigenvalue weighted by atomic mass is 10.1. The van der Waals surface area contributed by atoms with Crippen molar-refractivity contribution in [3.8, 4) is 0 Å². The van der Waals surface area contributed by atoms with Crippen LogP contribution in [0.4, 0.5) is 0 Å². The summed E-state index contributed by atoms with van der Waals surface area (Å²) in [6.07, 6.45) is 5.16. The molecule has 1 aliphatic rings. The van der Waals surface area contributed by atoms with Gasteiger partial charge in [0.2, 0.25) is 5.91 Å². The summed E-state index contributed by atoms with van der Waals surface area (Å²) >= 11 is 9.13. The number of halogens is 2. The third-order valence-corrected chi connectivity index (χ3v) is 4.12. The van der Waals surface area contributed by atoms with Gasteiger partial charge in [-0.3, -0.25) is 9.59 Å². The van der Waals surface area contributed by atoms with Crippen LogP contribution in [0, 0.1) is 0 Å². The Kier molecular flexibility index (Phi) is 5.99. The fourth-order valence-corrected chi connectivity index (χ4v) is 2.78. The minimum absolute atomic E-state index is 0.0912. The van der Waals surface area contributed by atoms with Crippen LogP contribution in [0.15, 0.2) is 16.7 Å². The summed E-state index contributed by atoms with van der Waals surface area (Å²) in [6.45, 7) is 1.96. The molecule has 2 heterocycles. The number of carbonyl (C=O) groups excluding carboxylic acids is 2. The second-order valence-corrected chi connectivity index (χ2v) is 6.21. The van der Waals surface area contributed by atoms with E-state index in [1.807, 2.05) is 4.90 Å². The second kappa shape index (κ2) is 7.75. The summed E-state index contributed by atoms with van der Waals surface area (Å²) in [5.74, 6) is -0.228. The molecule has 1 aromatic rings. The van der Waals surface area contributed by atoms with Gasteiger partial charge in [-0.2, -0.15) is 0 Å². The fraction of sp³-hybridized carbons (Fsp3) is 0.500. The van der Waals surface area contributed by atoms with Crippen molar-refractivity contribution in [3.05, 3.63) is 27.5 Å². The molecule has 114 valence electrons. The third-order valence-electron chi connectivity index (χ3n) is 3.38. The number of hydrogen-bond acceptors (Lipinski definition) is 3. The zero-order chi connectivity index (χ0) is 15.2. The Hall–Kier alpha value is -1.14. The van der Waals surface area contributed by atoms with E-state index in [0.717, 1.165) is 25.9 Å². The molecule has 0 radical (unpaired) electrons. The van der Waals surface area contributed by atoms with E-state index in [1.165, 1.54) is 12.6 Å². The van der Waals surface area contributed by atoms with Crippen LogP contribution in [0.2, 0.25) is 5.15 Å². The Morgan fingerprint density at radius 2 is 2.05 bits per heavy atom. The molecule has 1 N–H and O–H groups in total. The number of likely N-dealkylation sites (tertiary alicyclic amines) is 1. The van der Waals surface area contributed by atoms with Gasteiger partial charge in [0.1, 0.15) is 5.15 Å². The fourth-order valence-electron chi connectivity index (χ4n) is 2.26. The van der Waals surface area contributed by atoms with Gasteiger partial charge in [-0.25, -0.2) is 4.98 Å². The maximum absolute atomic E-state index is 12.0. The molecule has 0 aliphatic carbocycles. The van der Waals surface area contributed by atoms with Gasteiger partial charge in [0, 0.05) is 36.7 Å². The van der Waals surface area contributed by atoms with Crippen molar-refractivity contribution < 1.29 is 9.59 Å². The van der Waals surface area contributed by atoms with Crippen LogP contribution in [0.1, 0.15) is 36.0 Å². The van der Waals surface area contributed by atoms with Crippen LogP contribution >= 0.6 is 27.5 Å². The Bertz CT molecular complexity index is 533. The topological polar surface area (TPSA) is 62.3 Å². The highest BCUT2D eigenvalue weighted by atomic mass is 79.9. The van der Waals surface area contributed by atoms with Crippen molar-refractivity contribution in [2.24, 2.45) is 0 Å². The molecule has 2 rings (SSSR count). The predicted octanol–water partition coefficient (Wildman–Crippen LogP) is 2.63. The maximum atomic E-state index is 12.0. The molecule has 1 aliphatic heterocycles. The van der Waals surface area contributed by atoms with Gasteiger partial charge >= 0.3 is 0 Å². The Balaban J connectivity index is 1.81. The summed E-state index contributed by atoms with van der Waals surface area (Å²) in [5.41, 5.74) is 0.302. The molecule has 0 bridgehead atoms. The van der Waals surface area contributed by atoms with E-state index in [0.29, 0.717) is 23.0 Å². The molecule has 0 spiro atoms. The van der Waals surface area contributed by atoms with Crippen molar-refractivity contribution in [2.75, 3.05) is 19.6 Å². The summed E-state index contributed by atoms with van der Waals surface area (Å²) in [7, 11) is 0. The average Bonchev–Trinajstić information content (AvgIpc) is 2.50. The molecular weight excluding hydrogens is 358 g/mol. The van der Waals surface area contributed by atoms with Crippen molar-refractivity contribution in [1.29, 1.82) is 0 Å². The molecule has 5 nitrogen and oxygen atoms in total. The van der Waals surface area contributed by atoms with Gasteiger partial charge in [0.25, 0.3) is 5.91 Å². The Labute approximate surface area is 137 Å². The lowest BCUT2D eigenvalue weighted by Crippen LogP contribution is -2.37. The second-order valence-electron chi connectivity index (χ2n) is 4.94. The highest BCUT2D eigenvalue weighted by Crippen LogP contribution is 2.17. The number of nitrogens with one attached hydrogen (secondary N) is 1. The van der Waals surface area contributed by atoms with E-state index in [-0.39, 0.29) is 17.0 Å². The molecule has 7 heteroatoms. The number of aromatic nitrogens is 1. The Morgan fingerprint density at radius 3 is 2.76 bits per heavy atom. The minimum atomic E-state index is -0.319. The van der Waals surface area contributed by atoms with E-state index in [1.54, 1.807) is 6.07 Å². The van der Waals surface area contributed by atoms with Crippen LogP contribution < -0.4 is 5.32 Å². The number of pyridine rings is 1. The first-order valence-corrected chi connectivity index (χ1v) is 8.12. The molecule has 0 atom stereocenters. The highest BCUT2D eigenvalue weighted by molar-refractivity contribution is 9.10. The largest absolute Gasteiger partial charge is 0.351 e. The first-order valence-electron chi connectivity index (χ1n) is 6.95. The number of hydrogen-bond donors (Lipinski definition) is 1. The SMILES string of the molecule is O=C(NCCC(=O)N1CCCCC1)c1cc(Br)cnc1Cl. The van der Waals surface area contributed by atoms with E-state index >= 15 is 0 Å². The maximum Gasteiger partial charge on any atom is 0.254 e. The van der Waals surface area contributed by atoms with E-state index in [4.69, 9.17) is 11.6 Å². The normalized spacial score (nSPS) is 14.9. The molecule has 1 aromatic heterocycles. The summed E-state index contributed by atoms with van der Waals surface area (Å²) < 4.78 is 0.682. The average molecular weight is 375 g/mol. The van der Waals surface area contributed by atoms with Gasteiger partial charge in [-0.1, -0.05) is 11.6 Å². The van der Waals surface area contributed by atoms with Gasteiger partial charge in [0.05, 0.1) is 5.56 Å². The van der Waals surface area contributed by atoms with Crippen LogP contribution in [0.25, 0.3) is 0 Å². The molecule has 21 heavy (non-hydrogen) atoms. The van der Waals surface area contributed by atoms with E-state index in [2.05, 4.69) is 26.2 Å². The molecule has 1 saturated heterocycles. The molecule has 2 amide bonds. The number of rotatable bonds is 4. The molecule has 0 saturated carbocycles. The lowest BCUT2D eigenvalue weighted by molar-refractivity contribution is -0.131. The quantitative estimate of drug-likeness (QED) is 0.824. The molecular formula is C14H17BrClN3O2. The summed E-state index contributed by atoms with van der Waals surface area (Å²) in [6, 6.07) is 1.61. The summed E-state index contributed by atoms with van der Waals surface area (Å²) in [5, 5.41) is 2.86. The molecule has 1 fully saturated rings. The molecule has 0 unspecified atom stereocenters. The summed E-state index contributed by atoms with van der Waals surface area (Å²) in [4.78, 5) is 29.7. The standard InChI is InChI=1S/C14H17BrClN3O2/c15-10-8-11(13(16)18-9-10)14(21)17-5-4-12(20)19-6-2-1-3-7-19/h8-9H,1-7H2,(H,17,21). The van der Waals surface area contributed by atoms with Gasteiger partial charge < -0.3 is 10.2 Å². The number of piperidine rings is 1. The van der Waals surface area contributed by atoms with Crippen LogP contribution in [-0.4, -0.2) is 41.3 Å². The smallest absolute Gasteiger partial charge is 0.254 e. The van der Waals surface area contributed by atoms with E-state index in [9.17, 15) is 9.59 Å². The van der Waals surface area contributed by atoms with Crippen molar-refractivity contribution >= 4 is 39.3 Å². The van der Waals surface area contributed by atoms with Crippen LogP contribution in [0.5, 0.6) is 0 Å². The first-order chi connectivity index (χ1) is 10.1. The lowest BCUT2D eigenvalue weighted by Gasteiger charge is -2.26. The first kappa shape index (κ1) is 16.2. The zero-order valence-electron chi connectivity index (χ0n) is 11.6. The van der Waals surface area contributed by atoms with Crippen LogP contribution in [-0.2, 0) is 4.79 Å². The van der Waals surface area contributed by atoms with Crippen molar-refractivity contribution in [3.63, 3.8) is 0 Å². The van der Waals surface area contributed by atoms with Gasteiger partial charge in [0.15, 0.2) is 0 Å².